The Morgan fingerprint density at radius 2 is 2.22 bits per heavy atom. The second kappa shape index (κ2) is 4.37. The van der Waals surface area contributed by atoms with Crippen molar-refractivity contribution in [3.8, 4) is 0 Å². The quantitative estimate of drug-likeness (QED) is 0.824. The largest absolute Gasteiger partial charge is 0.372 e. The minimum Gasteiger partial charge on any atom is -0.372 e. The molecule has 0 spiro atoms. The van der Waals surface area contributed by atoms with Crippen molar-refractivity contribution in [3.05, 3.63) is 34.9 Å². The third-order valence-corrected chi connectivity index (χ3v) is 3.77. The molecule has 2 N–H and O–H groups in total. The van der Waals surface area contributed by atoms with Crippen LogP contribution in [0.15, 0.2) is 18.2 Å². The van der Waals surface area contributed by atoms with Gasteiger partial charge in [0.1, 0.15) is 0 Å². The Labute approximate surface area is 107 Å². The van der Waals surface area contributed by atoms with Crippen molar-refractivity contribution in [2.45, 2.75) is 32.1 Å². The summed E-state index contributed by atoms with van der Waals surface area (Å²) in [7, 11) is 0. The first-order valence-corrected chi connectivity index (χ1v) is 6.39. The highest BCUT2D eigenvalue weighted by atomic mass is 16.5. The van der Waals surface area contributed by atoms with Crippen LogP contribution >= 0.6 is 0 Å². The van der Waals surface area contributed by atoms with Crippen molar-refractivity contribution in [1.82, 2.24) is 10.6 Å². The predicted molar refractivity (Wildman–Crippen MR) is 68.3 cm³/mol. The molecule has 0 bridgehead atoms. The van der Waals surface area contributed by atoms with Gasteiger partial charge < -0.3 is 15.4 Å². The van der Waals surface area contributed by atoms with E-state index in [2.05, 4.69) is 17.6 Å². The Kier molecular flexibility index (Phi) is 2.84. The maximum atomic E-state index is 12.2. The van der Waals surface area contributed by atoms with Gasteiger partial charge >= 0.3 is 0 Å². The Bertz CT molecular complexity index is 479. The van der Waals surface area contributed by atoms with Crippen molar-refractivity contribution < 1.29 is 9.53 Å². The van der Waals surface area contributed by atoms with Gasteiger partial charge in [0.2, 0.25) is 0 Å². The molecule has 0 aliphatic carbocycles. The van der Waals surface area contributed by atoms with Gasteiger partial charge in [-0.05, 0) is 43.1 Å². The van der Waals surface area contributed by atoms with Crippen LogP contribution in [0, 0.1) is 0 Å². The van der Waals surface area contributed by atoms with Crippen LogP contribution in [-0.4, -0.2) is 24.5 Å². The lowest BCUT2D eigenvalue weighted by Crippen LogP contribution is -2.47. The first kappa shape index (κ1) is 11.7. The summed E-state index contributed by atoms with van der Waals surface area (Å²) in [5, 5.41) is 6.40. The van der Waals surface area contributed by atoms with E-state index in [1.54, 1.807) is 0 Å². The molecule has 2 aliphatic rings. The van der Waals surface area contributed by atoms with E-state index in [9.17, 15) is 4.79 Å². The molecule has 1 unspecified atom stereocenters. The summed E-state index contributed by atoms with van der Waals surface area (Å²) >= 11 is 0. The average molecular weight is 246 g/mol. The lowest BCUT2D eigenvalue weighted by molar-refractivity contribution is 0.0913. The van der Waals surface area contributed by atoms with Crippen LogP contribution in [0.4, 0.5) is 0 Å². The zero-order valence-corrected chi connectivity index (χ0v) is 10.6. The van der Waals surface area contributed by atoms with Crippen LogP contribution in [0.1, 0.15) is 34.8 Å². The Morgan fingerprint density at radius 1 is 1.39 bits per heavy atom. The van der Waals surface area contributed by atoms with Gasteiger partial charge in [-0.15, -0.1) is 0 Å². The number of hydrogen-bond donors (Lipinski definition) is 2. The summed E-state index contributed by atoms with van der Waals surface area (Å²) in [6.07, 6.45) is 0.979. The normalized spacial score (nSPS) is 26.1. The maximum Gasteiger partial charge on any atom is 0.251 e. The first-order chi connectivity index (χ1) is 8.66. The molecule has 3 rings (SSSR count). The number of nitrogens with one attached hydrogen (secondary N) is 2. The zero-order valence-electron chi connectivity index (χ0n) is 10.6. The number of ether oxygens (including phenoxy) is 1. The lowest BCUT2D eigenvalue weighted by atomic mass is 10.00. The van der Waals surface area contributed by atoms with Crippen LogP contribution in [0.25, 0.3) is 0 Å². The number of amides is 1. The molecule has 2 heterocycles. The van der Waals surface area contributed by atoms with E-state index in [1.165, 1.54) is 5.56 Å². The van der Waals surface area contributed by atoms with E-state index < -0.39 is 0 Å². The van der Waals surface area contributed by atoms with Gasteiger partial charge in [-0.2, -0.15) is 0 Å². The molecular weight excluding hydrogens is 228 g/mol. The summed E-state index contributed by atoms with van der Waals surface area (Å²) in [5.74, 6) is 0.0101. The summed E-state index contributed by atoms with van der Waals surface area (Å²) < 4.78 is 5.36. The molecule has 0 saturated carbocycles. The topological polar surface area (TPSA) is 50.4 Å². The van der Waals surface area contributed by atoms with Crippen molar-refractivity contribution >= 4 is 5.91 Å². The van der Waals surface area contributed by atoms with Crippen LogP contribution in [0.2, 0.25) is 0 Å². The average Bonchev–Trinajstić information content (AvgIpc) is 2.96. The third kappa shape index (κ3) is 2.13. The second-order valence-corrected chi connectivity index (χ2v) is 5.42. The van der Waals surface area contributed by atoms with Gasteiger partial charge in [-0.1, -0.05) is 6.07 Å². The van der Waals surface area contributed by atoms with Gasteiger partial charge in [-0.3, -0.25) is 4.79 Å². The molecule has 1 aromatic rings. The standard InChI is InChI=1S/C14H18N2O2/c1-14(4-5-15-9-14)16-13(17)10-2-3-11-7-18-8-12(11)6-10/h2-3,6,15H,4-5,7-9H2,1H3,(H,16,17). The van der Waals surface area contributed by atoms with Gasteiger partial charge in [0.15, 0.2) is 0 Å². The molecule has 2 aliphatic heterocycles. The van der Waals surface area contributed by atoms with Crippen molar-refractivity contribution in [1.29, 1.82) is 0 Å². The number of fused-ring (bicyclic) bond motifs is 1. The Hall–Kier alpha value is -1.39. The first-order valence-electron chi connectivity index (χ1n) is 6.39. The monoisotopic (exact) mass is 246 g/mol. The molecule has 0 aromatic heterocycles. The number of benzene rings is 1. The third-order valence-electron chi connectivity index (χ3n) is 3.77. The van der Waals surface area contributed by atoms with Crippen molar-refractivity contribution in [2.75, 3.05) is 13.1 Å². The van der Waals surface area contributed by atoms with Crippen LogP contribution in [0.3, 0.4) is 0 Å². The van der Waals surface area contributed by atoms with E-state index in [-0.39, 0.29) is 11.4 Å². The summed E-state index contributed by atoms with van der Waals surface area (Å²) in [5.41, 5.74) is 2.94. The van der Waals surface area contributed by atoms with Crippen molar-refractivity contribution in [3.63, 3.8) is 0 Å². The van der Waals surface area contributed by atoms with E-state index in [4.69, 9.17) is 4.74 Å². The zero-order chi connectivity index (χ0) is 12.6. The maximum absolute atomic E-state index is 12.2. The van der Waals surface area contributed by atoms with Crippen LogP contribution < -0.4 is 10.6 Å². The molecule has 96 valence electrons. The van der Waals surface area contributed by atoms with Gasteiger partial charge in [-0.25, -0.2) is 0 Å². The summed E-state index contributed by atoms with van der Waals surface area (Å²) in [6, 6.07) is 5.82. The fourth-order valence-electron chi connectivity index (χ4n) is 2.58. The number of hydrogen-bond acceptors (Lipinski definition) is 3. The molecule has 1 amide bonds. The van der Waals surface area contributed by atoms with E-state index in [0.717, 1.165) is 30.6 Å². The molecule has 4 heteroatoms. The minimum absolute atomic E-state index is 0.0101. The highest BCUT2D eigenvalue weighted by Gasteiger charge is 2.30. The molecule has 1 saturated heterocycles. The molecule has 1 atom stereocenters. The molecule has 18 heavy (non-hydrogen) atoms. The second-order valence-electron chi connectivity index (χ2n) is 5.42. The fraction of sp³-hybridized carbons (Fsp3) is 0.500. The lowest BCUT2D eigenvalue weighted by Gasteiger charge is -2.24. The highest BCUT2D eigenvalue weighted by molar-refractivity contribution is 5.95. The minimum atomic E-state index is -0.118. The van der Waals surface area contributed by atoms with Crippen molar-refractivity contribution in [2.24, 2.45) is 0 Å². The highest BCUT2D eigenvalue weighted by Crippen LogP contribution is 2.21. The Balaban J connectivity index is 1.76. The summed E-state index contributed by atoms with van der Waals surface area (Å²) in [4.78, 5) is 12.2. The number of rotatable bonds is 2. The van der Waals surface area contributed by atoms with E-state index in [0.29, 0.717) is 13.2 Å². The predicted octanol–water partition coefficient (Wildman–Crippen LogP) is 1.20. The Morgan fingerprint density at radius 3 is 3.00 bits per heavy atom. The van der Waals surface area contributed by atoms with E-state index in [1.807, 2.05) is 18.2 Å². The molecule has 4 nitrogen and oxygen atoms in total. The number of carbonyl (C=O) groups excluding carboxylic acids is 1. The van der Waals surface area contributed by atoms with Crippen LogP contribution in [0.5, 0.6) is 0 Å². The molecule has 1 fully saturated rings. The molecular formula is C14H18N2O2. The number of carbonyl (C=O) groups is 1. The fourth-order valence-corrected chi connectivity index (χ4v) is 2.58. The SMILES string of the molecule is CC1(NC(=O)c2ccc3c(c2)COC3)CCNC1. The van der Waals surface area contributed by atoms with Gasteiger partial charge in [0.05, 0.1) is 18.8 Å². The smallest absolute Gasteiger partial charge is 0.251 e. The van der Waals surface area contributed by atoms with Gasteiger partial charge in [0.25, 0.3) is 5.91 Å². The molecule has 1 aromatic carbocycles. The van der Waals surface area contributed by atoms with Gasteiger partial charge in [0, 0.05) is 12.1 Å². The van der Waals surface area contributed by atoms with E-state index >= 15 is 0 Å². The molecule has 0 radical (unpaired) electrons. The summed E-state index contributed by atoms with van der Waals surface area (Å²) in [6.45, 7) is 5.18. The van der Waals surface area contributed by atoms with Crippen LogP contribution in [-0.2, 0) is 18.0 Å².